The highest BCUT2D eigenvalue weighted by molar-refractivity contribution is 5.74. The molecule has 0 spiro atoms. The SMILES string of the molecule is CC[N+](=O)[O-].O=Cc1ccccc1. The van der Waals surface area contributed by atoms with Crippen molar-refractivity contribution in [1.82, 2.24) is 0 Å². The molecule has 0 saturated heterocycles. The molecule has 0 bridgehead atoms. The summed E-state index contributed by atoms with van der Waals surface area (Å²) in [5.74, 6) is 0. The molecule has 1 rings (SSSR count). The third kappa shape index (κ3) is 6.68. The normalized spacial score (nSPS) is 8.08. The van der Waals surface area contributed by atoms with Gasteiger partial charge in [0.15, 0.2) is 0 Å². The van der Waals surface area contributed by atoms with E-state index < -0.39 is 0 Å². The number of carbonyl (C=O) groups excluding carboxylic acids is 1. The number of hydrogen-bond acceptors (Lipinski definition) is 3. The lowest BCUT2D eigenvalue weighted by molar-refractivity contribution is -0.475. The van der Waals surface area contributed by atoms with Crippen LogP contribution in [0.1, 0.15) is 17.3 Å². The molecule has 13 heavy (non-hydrogen) atoms. The standard InChI is InChI=1S/C7H6O.C2H5NO2/c8-6-7-4-2-1-3-5-7;1-2-3(4)5/h1-6H;2H2,1H3. The maximum atomic E-state index is 10.0. The summed E-state index contributed by atoms with van der Waals surface area (Å²) in [7, 11) is 0. The van der Waals surface area contributed by atoms with Crippen LogP contribution in [-0.2, 0) is 0 Å². The minimum Gasteiger partial charge on any atom is -0.298 e. The Labute approximate surface area is 76.3 Å². The van der Waals surface area contributed by atoms with E-state index in [1.165, 1.54) is 6.92 Å². The van der Waals surface area contributed by atoms with E-state index in [9.17, 15) is 14.9 Å². The van der Waals surface area contributed by atoms with Crippen molar-refractivity contribution in [1.29, 1.82) is 0 Å². The van der Waals surface area contributed by atoms with Gasteiger partial charge in [0, 0.05) is 17.4 Å². The molecular formula is C9H11NO3. The van der Waals surface area contributed by atoms with Crippen LogP contribution in [0.4, 0.5) is 0 Å². The minimum atomic E-state index is -0.375. The van der Waals surface area contributed by atoms with Crippen molar-refractivity contribution >= 4 is 6.29 Å². The van der Waals surface area contributed by atoms with Gasteiger partial charge in [0.1, 0.15) is 6.29 Å². The van der Waals surface area contributed by atoms with Crippen molar-refractivity contribution in [2.45, 2.75) is 6.92 Å². The van der Waals surface area contributed by atoms with Crippen LogP contribution in [-0.4, -0.2) is 17.8 Å². The van der Waals surface area contributed by atoms with Crippen LogP contribution in [0, 0.1) is 10.1 Å². The van der Waals surface area contributed by atoms with E-state index in [0.717, 1.165) is 11.8 Å². The van der Waals surface area contributed by atoms with Gasteiger partial charge in [-0.05, 0) is 0 Å². The van der Waals surface area contributed by atoms with E-state index in [1.54, 1.807) is 12.1 Å². The predicted octanol–water partition coefficient (Wildman–Crippen LogP) is 1.78. The lowest BCUT2D eigenvalue weighted by Crippen LogP contribution is -1.92. The molecule has 0 aliphatic heterocycles. The quantitative estimate of drug-likeness (QED) is 0.397. The van der Waals surface area contributed by atoms with Gasteiger partial charge in [0.2, 0.25) is 6.54 Å². The molecule has 0 aliphatic rings. The van der Waals surface area contributed by atoms with Crippen molar-refractivity contribution in [3.8, 4) is 0 Å². The highest BCUT2D eigenvalue weighted by Gasteiger charge is 1.80. The molecular weight excluding hydrogens is 170 g/mol. The van der Waals surface area contributed by atoms with E-state index in [2.05, 4.69) is 0 Å². The van der Waals surface area contributed by atoms with Crippen LogP contribution >= 0.6 is 0 Å². The fraction of sp³-hybridized carbons (Fsp3) is 0.222. The lowest BCUT2D eigenvalue weighted by atomic mass is 10.2. The molecule has 0 aromatic heterocycles. The Morgan fingerprint density at radius 1 is 1.38 bits per heavy atom. The molecule has 1 aromatic rings. The summed E-state index contributed by atoms with van der Waals surface area (Å²) in [4.78, 5) is 18.8. The van der Waals surface area contributed by atoms with Gasteiger partial charge in [-0.2, -0.15) is 0 Å². The zero-order valence-corrected chi connectivity index (χ0v) is 7.34. The van der Waals surface area contributed by atoms with Crippen LogP contribution in [0.3, 0.4) is 0 Å². The molecule has 0 unspecified atom stereocenters. The van der Waals surface area contributed by atoms with Gasteiger partial charge in [-0.15, -0.1) is 0 Å². The molecule has 0 radical (unpaired) electrons. The van der Waals surface area contributed by atoms with Crippen LogP contribution < -0.4 is 0 Å². The summed E-state index contributed by atoms with van der Waals surface area (Å²) >= 11 is 0. The van der Waals surface area contributed by atoms with E-state index in [4.69, 9.17) is 0 Å². The van der Waals surface area contributed by atoms with E-state index >= 15 is 0 Å². The zero-order valence-electron chi connectivity index (χ0n) is 7.34. The van der Waals surface area contributed by atoms with Crippen LogP contribution in [0.5, 0.6) is 0 Å². The van der Waals surface area contributed by atoms with Gasteiger partial charge >= 0.3 is 0 Å². The van der Waals surface area contributed by atoms with E-state index in [-0.39, 0.29) is 11.5 Å². The predicted molar refractivity (Wildman–Crippen MR) is 49.4 cm³/mol. The van der Waals surface area contributed by atoms with Crippen molar-refractivity contribution in [3.05, 3.63) is 46.0 Å². The Morgan fingerprint density at radius 3 is 2.08 bits per heavy atom. The number of nitro groups is 1. The Hall–Kier alpha value is -1.71. The second-order valence-corrected chi connectivity index (χ2v) is 2.18. The van der Waals surface area contributed by atoms with E-state index in [1.807, 2.05) is 18.2 Å². The Bertz CT molecular complexity index is 259. The molecule has 0 aliphatic carbocycles. The lowest BCUT2D eigenvalue weighted by Gasteiger charge is -1.81. The maximum Gasteiger partial charge on any atom is 0.201 e. The third-order valence-corrected chi connectivity index (χ3v) is 1.19. The molecule has 0 saturated carbocycles. The summed E-state index contributed by atoms with van der Waals surface area (Å²) in [5.41, 5.74) is 0.729. The van der Waals surface area contributed by atoms with Gasteiger partial charge in [-0.1, -0.05) is 30.3 Å². The van der Waals surface area contributed by atoms with Crippen molar-refractivity contribution < 1.29 is 9.72 Å². The molecule has 1 aromatic carbocycles. The number of hydrogen-bond donors (Lipinski definition) is 0. The van der Waals surface area contributed by atoms with Crippen molar-refractivity contribution in [2.75, 3.05) is 6.54 Å². The maximum absolute atomic E-state index is 10.0. The zero-order chi connectivity index (χ0) is 10.1. The number of aldehydes is 1. The highest BCUT2D eigenvalue weighted by Crippen LogP contribution is 1.91. The average molecular weight is 181 g/mol. The minimum absolute atomic E-state index is 0.0278. The Balaban J connectivity index is 0.000000252. The first-order valence-electron chi connectivity index (χ1n) is 3.82. The van der Waals surface area contributed by atoms with E-state index in [0.29, 0.717) is 0 Å². The fourth-order valence-corrected chi connectivity index (χ4v) is 0.532. The Kier molecular flexibility index (Phi) is 6.05. The molecule has 0 fully saturated rings. The Morgan fingerprint density at radius 2 is 1.85 bits per heavy atom. The number of carbonyl (C=O) groups is 1. The van der Waals surface area contributed by atoms with Gasteiger partial charge in [0.05, 0.1) is 0 Å². The van der Waals surface area contributed by atoms with Crippen molar-refractivity contribution in [3.63, 3.8) is 0 Å². The largest absolute Gasteiger partial charge is 0.298 e. The van der Waals surface area contributed by atoms with Gasteiger partial charge < -0.3 is 0 Å². The smallest absolute Gasteiger partial charge is 0.201 e. The molecule has 4 nitrogen and oxygen atoms in total. The first-order chi connectivity index (χ1) is 6.20. The summed E-state index contributed by atoms with van der Waals surface area (Å²) in [5, 5.41) is 9.17. The van der Waals surface area contributed by atoms with Gasteiger partial charge in [0.25, 0.3) is 0 Å². The number of rotatable bonds is 2. The summed E-state index contributed by atoms with van der Waals surface area (Å²) in [6.07, 6.45) is 0.833. The molecule has 4 heteroatoms. The average Bonchev–Trinajstić information content (AvgIpc) is 2.20. The molecule has 0 N–H and O–H groups in total. The fourth-order valence-electron chi connectivity index (χ4n) is 0.532. The molecule has 0 heterocycles. The summed E-state index contributed by atoms with van der Waals surface area (Å²) in [6.45, 7) is 1.53. The number of nitrogens with zero attached hydrogens (tertiary/aromatic N) is 1. The van der Waals surface area contributed by atoms with Gasteiger partial charge in [-0.3, -0.25) is 14.9 Å². The van der Waals surface area contributed by atoms with Gasteiger partial charge in [-0.25, -0.2) is 0 Å². The molecule has 70 valence electrons. The molecule has 0 amide bonds. The summed E-state index contributed by atoms with van der Waals surface area (Å²) in [6, 6.07) is 9.10. The first kappa shape index (κ1) is 11.3. The highest BCUT2D eigenvalue weighted by atomic mass is 16.6. The van der Waals surface area contributed by atoms with Crippen LogP contribution in [0.2, 0.25) is 0 Å². The summed E-state index contributed by atoms with van der Waals surface area (Å²) < 4.78 is 0. The van der Waals surface area contributed by atoms with Crippen molar-refractivity contribution in [2.24, 2.45) is 0 Å². The monoisotopic (exact) mass is 181 g/mol. The third-order valence-electron chi connectivity index (χ3n) is 1.19. The topological polar surface area (TPSA) is 60.2 Å². The molecule has 0 atom stereocenters. The van der Waals surface area contributed by atoms with Crippen LogP contribution in [0.15, 0.2) is 30.3 Å². The number of benzene rings is 1. The second-order valence-electron chi connectivity index (χ2n) is 2.18. The first-order valence-corrected chi connectivity index (χ1v) is 3.82. The van der Waals surface area contributed by atoms with Crippen LogP contribution in [0.25, 0.3) is 0 Å². The second kappa shape index (κ2) is 6.97.